The van der Waals surface area contributed by atoms with Gasteiger partial charge in [-0.3, -0.25) is 10.1 Å². The van der Waals surface area contributed by atoms with Crippen LogP contribution in [0.3, 0.4) is 0 Å². The van der Waals surface area contributed by atoms with Crippen LogP contribution in [0.5, 0.6) is 0 Å². The van der Waals surface area contributed by atoms with E-state index in [1.165, 1.54) is 0 Å². The molecule has 3 N–H and O–H groups in total. The van der Waals surface area contributed by atoms with Crippen LogP contribution in [0.15, 0.2) is 16.6 Å². The summed E-state index contributed by atoms with van der Waals surface area (Å²) in [7, 11) is 0. The zero-order valence-corrected chi connectivity index (χ0v) is 10.0. The highest BCUT2D eigenvalue weighted by atomic mass is 79.9. The molecule has 0 unspecified atom stereocenters. The van der Waals surface area contributed by atoms with Gasteiger partial charge in [-0.05, 0) is 35.0 Å². The molecule has 2 amide bonds. The number of carbonyl (C=O) groups is 2. The fraction of sp³-hybridized carbons (Fsp3) is 0.222. The van der Waals surface area contributed by atoms with E-state index in [1.54, 1.807) is 19.1 Å². The van der Waals surface area contributed by atoms with E-state index in [1.807, 2.05) is 0 Å². The average molecular weight is 288 g/mol. The maximum absolute atomic E-state index is 11.2. The molecule has 86 valence electrons. The molecule has 0 aliphatic rings. The molecule has 0 saturated heterocycles. The molecule has 0 radical (unpaired) electrons. The van der Waals surface area contributed by atoms with Gasteiger partial charge in [0.15, 0.2) is 0 Å². The maximum atomic E-state index is 11.2. The number of rotatable bonds is 3. The molecule has 1 aromatic heterocycles. The van der Waals surface area contributed by atoms with E-state index < -0.39 is 18.5 Å². The Hall–Kier alpha value is -1.63. The third-order valence-corrected chi connectivity index (χ3v) is 2.50. The van der Waals surface area contributed by atoms with Gasteiger partial charge in [-0.2, -0.15) is 0 Å². The molecular formula is C9H10BrN3O3. The summed E-state index contributed by atoms with van der Waals surface area (Å²) in [6.07, 6.45) is 0. The highest BCUT2D eigenvalue weighted by molar-refractivity contribution is 9.10. The van der Waals surface area contributed by atoms with Gasteiger partial charge in [0.25, 0.3) is 0 Å². The first-order chi connectivity index (χ1) is 7.49. The number of aromatic nitrogens is 1. The molecule has 6 nitrogen and oxygen atoms in total. The Bertz CT molecular complexity index is 422. The predicted molar refractivity (Wildman–Crippen MR) is 61.3 cm³/mol. The number of halogens is 1. The van der Waals surface area contributed by atoms with Crippen molar-refractivity contribution in [2.45, 2.75) is 6.92 Å². The van der Waals surface area contributed by atoms with Crippen molar-refractivity contribution in [3.8, 4) is 0 Å². The summed E-state index contributed by atoms with van der Waals surface area (Å²) in [5.74, 6) is -0.737. The molecular weight excluding hydrogens is 278 g/mol. The summed E-state index contributed by atoms with van der Waals surface area (Å²) in [6.45, 7) is 1.35. The molecule has 0 fully saturated rings. The lowest BCUT2D eigenvalue weighted by molar-refractivity contribution is -0.135. The van der Waals surface area contributed by atoms with Crippen LogP contribution in [-0.2, 0) is 4.79 Å². The van der Waals surface area contributed by atoms with Crippen molar-refractivity contribution in [2.24, 2.45) is 0 Å². The third kappa shape index (κ3) is 3.85. The summed E-state index contributed by atoms with van der Waals surface area (Å²) >= 11 is 3.28. The fourth-order valence-corrected chi connectivity index (χ4v) is 1.15. The van der Waals surface area contributed by atoms with E-state index in [0.717, 1.165) is 10.2 Å². The van der Waals surface area contributed by atoms with E-state index in [-0.39, 0.29) is 0 Å². The lowest BCUT2D eigenvalue weighted by atomic mass is 10.4. The minimum Gasteiger partial charge on any atom is -0.480 e. The fourth-order valence-electron chi connectivity index (χ4n) is 0.930. The Balaban J connectivity index is 2.56. The van der Waals surface area contributed by atoms with Crippen molar-refractivity contribution in [2.75, 3.05) is 11.9 Å². The van der Waals surface area contributed by atoms with Gasteiger partial charge in [-0.15, -0.1) is 0 Å². The molecule has 0 bridgehead atoms. The molecule has 1 rings (SSSR count). The second-order valence-electron chi connectivity index (χ2n) is 2.97. The first-order valence-electron chi connectivity index (χ1n) is 4.39. The highest BCUT2D eigenvalue weighted by Crippen LogP contribution is 2.15. The number of aryl methyl sites for hydroxylation is 1. The van der Waals surface area contributed by atoms with Crippen LogP contribution in [0, 0.1) is 6.92 Å². The molecule has 0 spiro atoms. The number of carboxylic acid groups (broad SMARTS) is 1. The van der Waals surface area contributed by atoms with Crippen LogP contribution in [0.25, 0.3) is 0 Å². The predicted octanol–water partition coefficient (Wildman–Crippen LogP) is 1.36. The molecule has 1 aromatic rings. The monoisotopic (exact) mass is 287 g/mol. The lowest BCUT2D eigenvalue weighted by Gasteiger charge is -2.06. The van der Waals surface area contributed by atoms with Crippen LogP contribution in [0.1, 0.15) is 5.69 Å². The minimum absolute atomic E-state index is 0.364. The minimum atomic E-state index is -1.10. The van der Waals surface area contributed by atoms with E-state index >= 15 is 0 Å². The van der Waals surface area contributed by atoms with Crippen LogP contribution < -0.4 is 10.6 Å². The van der Waals surface area contributed by atoms with Gasteiger partial charge in [0.1, 0.15) is 12.4 Å². The number of hydrogen-bond donors (Lipinski definition) is 3. The molecule has 0 saturated carbocycles. The smallest absolute Gasteiger partial charge is 0.323 e. The van der Waals surface area contributed by atoms with Crippen molar-refractivity contribution in [1.29, 1.82) is 0 Å². The SMILES string of the molecule is Cc1nc(NC(=O)NCC(=O)O)ccc1Br. The Kier molecular flexibility index (Phi) is 4.24. The number of nitrogens with zero attached hydrogens (tertiary/aromatic N) is 1. The van der Waals surface area contributed by atoms with Gasteiger partial charge in [-0.1, -0.05) is 0 Å². The Morgan fingerprint density at radius 1 is 1.50 bits per heavy atom. The molecule has 0 aromatic carbocycles. The molecule has 0 atom stereocenters. The van der Waals surface area contributed by atoms with E-state index in [2.05, 4.69) is 31.5 Å². The Morgan fingerprint density at radius 2 is 2.19 bits per heavy atom. The van der Waals surface area contributed by atoms with E-state index in [9.17, 15) is 9.59 Å². The van der Waals surface area contributed by atoms with Crippen molar-refractivity contribution < 1.29 is 14.7 Å². The van der Waals surface area contributed by atoms with Gasteiger partial charge < -0.3 is 10.4 Å². The standard InChI is InChI=1S/C9H10BrN3O3/c1-5-6(10)2-3-7(12-5)13-9(16)11-4-8(14)15/h2-3H,4H2,1H3,(H,14,15)(H2,11,12,13,16). The number of urea groups is 1. The average Bonchev–Trinajstić information content (AvgIpc) is 2.21. The summed E-state index contributed by atoms with van der Waals surface area (Å²) in [4.78, 5) is 25.4. The summed E-state index contributed by atoms with van der Waals surface area (Å²) < 4.78 is 0.837. The second-order valence-corrected chi connectivity index (χ2v) is 3.82. The number of pyridine rings is 1. The molecule has 0 aliphatic carbocycles. The zero-order valence-electron chi connectivity index (χ0n) is 8.45. The quantitative estimate of drug-likeness (QED) is 0.783. The van der Waals surface area contributed by atoms with Gasteiger partial charge in [0.05, 0.1) is 5.69 Å². The number of carboxylic acids is 1. The van der Waals surface area contributed by atoms with Gasteiger partial charge in [0.2, 0.25) is 0 Å². The van der Waals surface area contributed by atoms with E-state index in [0.29, 0.717) is 5.82 Å². The van der Waals surface area contributed by atoms with Crippen molar-refractivity contribution in [1.82, 2.24) is 10.3 Å². The molecule has 1 heterocycles. The number of carbonyl (C=O) groups excluding carboxylic acids is 1. The number of hydrogen-bond acceptors (Lipinski definition) is 3. The zero-order chi connectivity index (χ0) is 12.1. The molecule has 16 heavy (non-hydrogen) atoms. The van der Waals surface area contributed by atoms with Crippen LogP contribution >= 0.6 is 15.9 Å². The first-order valence-corrected chi connectivity index (χ1v) is 5.18. The van der Waals surface area contributed by atoms with Crippen molar-refractivity contribution in [3.63, 3.8) is 0 Å². The van der Waals surface area contributed by atoms with Crippen molar-refractivity contribution >= 4 is 33.7 Å². The number of nitrogens with one attached hydrogen (secondary N) is 2. The first kappa shape index (κ1) is 12.4. The van der Waals surface area contributed by atoms with Crippen LogP contribution in [0.4, 0.5) is 10.6 Å². The summed E-state index contributed by atoms with van der Waals surface area (Å²) in [5, 5.41) is 12.9. The number of anilines is 1. The number of amides is 2. The molecule has 7 heteroatoms. The van der Waals surface area contributed by atoms with Gasteiger partial charge in [0, 0.05) is 4.47 Å². The number of aliphatic carboxylic acids is 1. The van der Waals surface area contributed by atoms with Crippen LogP contribution in [0.2, 0.25) is 0 Å². The third-order valence-electron chi connectivity index (χ3n) is 1.66. The summed E-state index contributed by atoms with van der Waals surface area (Å²) in [5.41, 5.74) is 0.732. The summed E-state index contributed by atoms with van der Waals surface area (Å²) in [6, 6.07) is 2.75. The normalized spacial score (nSPS) is 9.62. The lowest BCUT2D eigenvalue weighted by Crippen LogP contribution is -2.33. The molecule has 0 aliphatic heterocycles. The Morgan fingerprint density at radius 3 is 2.75 bits per heavy atom. The van der Waals surface area contributed by atoms with Gasteiger partial charge in [-0.25, -0.2) is 9.78 Å². The topological polar surface area (TPSA) is 91.3 Å². The largest absolute Gasteiger partial charge is 0.480 e. The van der Waals surface area contributed by atoms with Crippen molar-refractivity contribution in [3.05, 3.63) is 22.3 Å². The second kappa shape index (κ2) is 5.45. The maximum Gasteiger partial charge on any atom is 0.323 e. The van der Waals surface area contributed by atoms with Gasteiger partial charge >= 0.3 is 12.0 Å². The van der Waals surface area contributed by atoms with Crippen LogP contribution in [-0.4, -0.2) is 28.6 Å². The van der Waals surface area contributed by atoms with E-state index in [4.69, 9.17) is 5.11 Å². The Labute approximate surface area is 100 Å². The highest BCUT2D eigenvalue weighted by Gasteiger charge is 2.05.